The van der Waals surface area contributed by atoms with Gasteiger partial charge in [0.25, 0.3) is 0 Å². The molecule has 2 rings (SSSR count). The van der Waals surface area contributed by atoms with Crippen LogP contribution >= 0.6 is 0 Å². The van der Waals surface area contributed by atoms with Crippen molar-refractivity contribution in [3.63, 3.8) is 0 Å². The number of aryl methyl sites for hydroxylation is 3. The third-order valence-electron chi connectivity index (χ3n) is 6.99. The normalized spacial score (nSPS) is 11.9. The molecule has 0 aromatic heterocycles. The van der Waals surface area contributed by atoms with E-state index in [1.165, 1.54) is 16.7 Å². The summed E-state index contributed by atoms with van der Waals surface area (Å²) in [5, 5.41) is 10.3. The maximum absolute atomic E-state index is 10.3. The second-order valence-electron chi connectivity index (χ2n) is 8.43. The molecule has 0 aliphatic heterocycles. The van der Waals surface area contributed by atoms with Gasteiger partial charge in [-0.2, -0.15) is 0 Å². The van der Waals surface area contributed by atoms with E-state index < -0.39 is 0 Å². The average molecular weight is 407 g/mol. The first-order valence-electron chi connectivity index (χ1n) is 11.2. The van der Waals surface area contributed by atoms with Crippen LogP contribution in [0, 0.1) is 32.6 Å². The summed E-state index contributed by atoms with van der Waals surface area (Å²) >= 11 is 0. The Labute approximate surface area is 183 Å². The molecule has 0 spiro atoms. The summed E-state index contributed by atoms with van der Waals surface area (Å²) in [6.07, 6.45) is 3.74. The number of phenolic OH excluding ortho intramolecular Hbond substituents is 1. The van der Waals surface area contributed by atoms with E-state index in [1.54, 1.807) is 7.11 Å². The minimum absolute atomic E-state index is 0.0803. The third kappa shape index (κ3) is 4.42. The highest BCUT2D eigenvalue weighted by atomic mass is 16.5. The summed E-state index contributed by atoms with van der Waals surface area (Å²) in [6.45, 7) is 14.8. The van der Waals surface area contributed by atoms with Gasteiger partial charge in [-0.1, -0.05) is 63.8 Å². The van der Waals surface area contributed by atoms with Crippen LogP contribution in [0.4, 0.5) is 0 Å². The van der Waals surface area contributed by atoms with Crippen LogP contribution in [-0.2, 0) is 10.2 Å². The van der Waals surface area contributed by atoms with E-state index in [4.69, 9.17) is 4.74 Å². The first-order chi connectivity index (χ1) is 14.2. The Bertz CT molecular complexity index is 904. The number of aromatic hydroxyl groups is 1. The number of phenols is 1. The summed E-state index contributed by atoms with van der Waals surface area (Å²) in [7, 11) is 1.75. The van der Waals surface area contributed by atoms with Crippen molar-refractivity contribution in [2.24, 2.45) is 0 Å². The van der Waals surface area contributed by atoms with Gasteiger partial charge in [-0.05, 0) is 80.3 Å². The van der Waals surface area contributed by atoms with Crippen molar-refractivity contribution in [1.82, 2.24) is 0 Å². The average Bonchev–Trinajstić information content (AvgIpc) is 2.75. The summed E-state index contributed by atoms with van der Waals surface area (Å²) in [5.74, 6) is 7.16. The SMILES string of the molecule is CCC(C#Cc1ccc(C(CC)(CC)c2cc(C)c(O)c(C)c2)cc1C)(CC)OC. The zero-order chi connectivity index (χ0) is 22.5. The molecule has 0 fully saturated rings. The molecular weight excluding hydrogens is 368 g/mol. The Hall–Kier alpha value is -2.24. The smallest absolute Gasteiger partial charge is 0.128 e. The van der Waals surface area contributed by atoms with Gasteiger partial charge >= 0.3 is 0 Å². The lowest BCUT2D eigenvalue weighted by Crippen LogP contribution is -2.27. The zero-order valence-electron chi connectivity index (χ0n) is 20.1. The van der Waals surface area contributed by atoms with Crippen LogP contribution in [0.2, 0.25) is 0 Å². The van der Waals surface area contributed by atoms with E-state index in [1.807, 2.05) is 13.8 Å². The molecule has 162 valence electrons. The molecule has 0 saturated heterocycles. The fourth-order valence-corrected chi connectivity index (χ4v) is 4.51. The Morgan fingerprint density at radius 3 is 1.77 bits per heavy atom. The van der Waals surface area contributed by atoms with Crippen molar-refractivity contribution in [1.29, 1.82) is 0 Å². The number of methoxy groups -OCH3 is 1. The number of hydrogen-bond acceptors (Lipinski definition) is 2. The van der Waals surface area contributed by atoms with Crippen molar-refractivity contribution in [3.8, 4) is 17.6 Å². The molecule has 2 nitrogen and oxygen atoms in total. The van der Waals surface area contributed by atoms with Crippen molar-refractivity contribution in [2.45, 2.75) is 85.2 Å². The third-order valence-corrected chi connectivity index (χ3v) is 6.99. The largest absolute Gasteiger partial charge is 0.507 e. The predicted octanol–water partition coefficient (Wildman–Crippen LogP) is 6.98. The van der Waals surface area contributed by atoms with Crippen molar-refractivity contribution < 1.29 is 9.84 Å². The van der Waals surface area contributed by atoms with Gasteiger partial charge in [0.1, 0.15) is 11.4 Å². The van der Waals surface area contributed by atoms with Gasteiger partial charge in [-0.15, -0.1) is 0 Å². The topological polar surface area (TPSA) is 29.5 Å². The Morgan fingerprint density at radius 1 is 0.800 bits per heavy atom. The fourth-order valence-electron chi connectivity index (χ4n) is 4.51. The standard InChI is InChI=1S/C28H38O2/c1-9-27(10-2,30-8)16-15-23-13-14-24(17-20(23)5)28(11-3,12-4)25-18-21(6)26(29)22(7)19-25/h13-14,17-19,29H,9-12H2,1-8H3. The van der Waals surface area contributed by atoms with E-state index in [-0.39, 0.29) is 11.0 Å². The maximum atomic E-state index is 10.3. The molecule has 0 saturated carbocycles. The second-order valence-corrected chi connectivity index (χ2v) is 8.43. The van der Waals surface area contributed by atoms with E-state index in [0.717, 1.165) is 42.4 Å². The maximum Gasteiger partial charge on any atom is 0.128 e. The van der Waals surface area contributed by atoms with E-state index in [9.17, 15) is 5.11 Å². The fraction of sp³-hybridized carbons (Fsp3) is 0.500. The molecule has 0 heterocycles. The van der Waals surface area contributed by atoms with Gasteiger partial charge in [0.2, 0.25) is 0 Å². The van der Waals surface area contributed by atoms with Crippen LogP contribution in [0.3, 0.4) is 0 Å². The van der Waals surface area contributed by atoms with Crippen LogP contribution in [0.5, 0.6) is 5.75 Å². The molecule has 30 heavy (non-hydrogen) atoms. The molecule has 0 aliphatic carbocycles. The molecule has 2 heteroatoms. The molecule has 2 aromatic rings. The van der Waals surface area contributed by atoms with Crippen molar-refractivity contribution >= 4 is 0 Å². The number of ether oxygens (including phenoxy) is 1. The molecule has 0 bridgehead atoms. The van der Waals surface area contributed by atoms with Crippen LogP contribution in [-0.4, -0.2) is 17.8 Å². The van der Waals surface area contributed by atoms with Crippen LogP contribution < -0.4 is 0 Å². The molecule has 2 aromatic carbocycles. The lowest BCUT2D eigenvalue weighted by atomic mass is 9.69. The monoisotopic (exact) mass is 406 g/mol. The van der Waals surface area contributed by atoms with E-state index >= 15 is 0 Å². The minimum Gasteiger partial charge on any atom is -0.507 e. The lowest BCUT2D eigenvalue weighted by molar-refractivity contribution is 0.0345. The Morgan fingerprint density at radius 2 is 1.33 bits per heavy atom. The number of hydrogen-bond donors (Lipinski definition) is 1. The highest BCUT2D eigenvalue weighted by Gasteiger charge is 2.32. The number of rotatable bonds is 7. The van der Waals surface area contributed by atoms with Gasteiger partial charge in [-0.3, -0.25) is 0 Å². The van der Waals surface area contributed by atoms with Gasteiger partial charge in [-0.25, -0.2) is 0 Å². The molecule has 1 N–H and O–H groups in total. The molecule has 0 aliphatic rings. The van der Waals surface area contributed by atoms with Gasteiger partial charge in [0, 0.05) is 18.1 Å². The number of benzene rings is 2. The van der Waals surface area contributed by atoms with Crippen molar-refractivity contribution in [2.75, 3.05) is 7.11 Å². The van der Waals surface area contributed by atoms with Crippen LogP contribution in [0.15, 0.2) is 30.3 Å². The van der Waals surface area contributed by atoms with Gasteiger partial charge in [0.05, 0.1) is 0 Å². The molecule has 0 atom stereocenters. The Kier molecular flexibility index (Phi) is 7.78. The highest BCUT2D eigenvalue weighted by Crippen LogP contribution is 2.41. The highest BCUT2D eigenvalue weighted by molar-refractivity contribution is 5.51. The summed E-state index contributed by atoms with van der Waals surface area (Å²) < 4.78 is 5.71. The zero-order valence-corrected chi connectivity index (χ0v) is 20.1. The van der Waals surface area contributed by atoms with E-state index in [2.05, 4.69) is 76.8 Å². The minimum atomic E-state index is -0.372. The first-order valence-corrected chi connectivity index (χ1v) is 11.2. The summed E-state index contributed by atoms with van der Waals surface area (Å²) in [6, 6.07) is 11.0. The van der Waals surface area contributed by atoms with Crippen LogP contribution in [0.25, 0.3) is 0 Å². The molecule has 0 unspecified atom stereocenters. The molecule has 0 radical (unpaired) electrons. The lowest BCUT2D eigenvalue weighted by Gasteiger charge is -2.34. The van der Waals surface area contributed by atoms with Gasteiger partial charge < -0.3 is 9.84 Å². The van der Waals surface area contributed by atoms with E-state index in [0.29, 0.717) is 5.75 Å². The summed E-state index contributed by atoms with van der Waals surface area (Å²) in [4.78, 5) is 0. The molecule has 0 amide bonds. The van der Waals surface area contributed by atoms with Crippen LogP contribution in [0.1, 0.15) is 86.8 Å². The predicted molar refractivity (Wildman–Crippen MR) is 127 cm³/mol. The first kappa shape index (κ1) is 24.0. The van der Waals surface area contributed by atoms with Gasteiger partial charge in [0.15, 0.2) is 0 Å². The Balaban J connectivity index is 2.56. The summed E-state index contributed by atoms with van der Waals surface area (Å²) in [5.41, 5.74) is 6.25. The van der Waals surface area contributed by atoms with Crippen molar-refractivity contribution in [3.05, 3.63) is 63.7 Å². The quantitative estimate of drug-likeness (QED) is 0.503. The molecular formula is C28H38O2. The second kappa shape index (κ2) is 9.71.